The number of oxazole rings is 1. The normalized spacial score (nSPS) is 16.7. The van der Waals surface area contributed by atoms with E-state index in [9.17, 15) is 9.59 Å². The van der Waals surface area contributed by atoms with Crippen molar-refractivity contribution < 1.29 is 18.7 Å². The number of ether oxygens (including phenoxy) is 1. The summed E-state index contributed by atoms with van der Waals surface area (Å²) >= 11 is 12.1. The molecule has 0 N–H and O–H groups in total. The van der Waals surface area contributed by atoms with Crippen molar-refractivity contribution >= 4 is 46.7 Å². The molecule has 4 rings (SSSR count). The highest BCUT2D eigenvalue weighted by atomic mass is 35.5. The van der Waals surface area contributed by atoms with Gasteiger partial charge in [0, 0.05) is 28.6 Å². The maximum atomic E-state index is 12.4. The third-order valence-corrected chi connectivity index (χ3v) is 4.77. The Hall–Kier alpha value is -2.57. The van der Waals surface area contributed by atoms with Crippen LogP contribution in [-0.2, 0) is 9.53 Å². The molecule has 2 heterocycles. The first-order chi connectivity index (χ1) is 13.0. The molecule has 0 bridgehead atoms. The Morgan fingerprint density at radius 1 is 1.22 bits per heavy atom. The lowest BCUT2D eigenvalue weighted by molar-refractivity contribution is -0.117. The molecule has 138 valence electrons. The van der Waals surface area contributed by atoms with Crippen LogP contribution in [0.5, 0.6) is 0 Å². The van der Waals surface area contributed by atoms with Gasteiger partial charge in [0.1, 0.15) is 11.6 Å². The van der Waals surface area contributed by atoms with Crippen LogP contribution in [0.1, 0.15) is 16.8 Å². The highest BCUT2D eigenvalue weighted by molar-refractivity contribution is 6.35. The third kappa shape index (κ3) is 3.77. The summed E-state index contributed by atoms with van der Waals surface area (Å²) in [4.78, 5) is 29.1. The molecular weight excluding hydrogens is 391 g/mol. The lowest BCUT2D eigenvalue weighted by Gasteiger charge is -2.12. The number of esters is 1. The summed E-state index contributed by atoms with van der Waals surface area (Å²) in [5.74, 6) is -0.101. The fourth-order valence-corrected chi connectivity index (χ4v) is 3.54. The Kier molecular flexibility index (Phi) is 4.76. The van der Waals surface area contributed by atoms with E-state index in [0.717, 1.165) is 6.41 Å². The van der Waals surface area contributed by atoms with Crippen molar-refractivity contribution in [3.8, 4) is 11.5 Å². The number of amides is 1. The number of carbonyl (C=O) groups excluding carboxylic acids is 2. The number of carbonyl (C=O) groups is 2. The number of likely N-dealkylation sites (tertiary alicyclic amines) is 1. The van der Waals surface area contributed by atoms with Crippen molar-refractivity contribution in [1.82, 2.24) is 9.88 Å². The summed E-state index contributed by atoms with van der Waals surface area (Å²) in [6, 6.07) is 9.94. The minimum Gasteiger partial charge on any atom is -0.457 e. The molecule has 8 heteroatoms. The molecule has 0 spiro atoms. The fraction of sp³-hybridized carbons (Fsp3) is 0.211. The van der Waals surface area contributed by atoms with E-state index in [1.165, 1.54) is 0 Å². The van der Waals surface area contributed by atoms with E-state index in [0.29, 0.717) is 57.7 Å². The van der Waals surface area contributed by atoms with Crippen LogP contribution in [0.4, 0.5) is 0 Å². The Balaban J connectivity index is 1.57. The van der Waals surface area contributed by atoms with Crippen LogP contribution in [0.3, 0.4) is 0 Å². The first-order valence-corrected chi connectivity index (χ1v) is 9.05. The Morgan fingerprint density at radius 2 is 2.00 bits per heavy atom. The van der Waals surface area contributed by atoms with Crippen LogP contribution < -0.4 is 0 Å². The zero-order valence-electron chi connectivity index (χ0n) is 14.0. The number of nitrogens with zero attached hydrogens (tertiary/aromatic N) is 2. The van der Waals surface area contributed by atoms with E-state index in [-0.39, 0.29) is 6.10 Å². The van der Waals surface area contributed by atoms with Gasteiger partial charge in [0.05, 0.1) is 12.1 Å². The zero-order chi connectivity index (χ0) is 19.0. The van der Waals surface area contributed by atoms with Crippen LogP contribution in [-0.4, -0.2) is 41.5 Å². The van der Waals surface area contributed by atoms with E-state index in [4.69, 9.17) is 32.4 Å². The van der Waals surface area contributed by atoms with Gasteiger partial charge < -0.3 is 14.1 Å². The van der Waals surface area contributed by atoms with Gasteiger partial charge in [-0.3, -0.25) is 4.79 Å². The van der Waals surface area contributed by atoms with Crippen molar-refractivity contribution in [3.63, 3.8) is 0 Å². The summed E-state index contributed by atoms with van der Waals surface area (Å²) in [5, 5.41) is 0.954. The molecule has 1 aliphatic heterocycles. The van der Waals surface area contributed by atoms with Crippen molar-refractivity contribution in [2.75, 3.05) is 13.1 Å². The van der Waals surface area contributed by atoms with Crippen LogP contribution in [0.15, 0.2) is 40.8 Å². The Morgan fingerprint density at radius 3 is 2.70 bits per heavy atom. The highest BCUT2D eigenvalue weighted by Crippen LogP contribution is 2.29. The van der Waals surface area contributed by atoms with Crippen molar-refractivity contribution in [2.24, 2.45) is 0 Å². The molecule has 3 aromatic rings. The fourth-order valence-electron chi connectivity index (χ4n) is 3.02. The Labute approximate surface area is 164 Å². The maximum absolute atomic E-state index is 12.4. The second kappa shape index (κ2) is 7.21. The van der Waals surface area contributed by atoms with E-state index in [1.807, 2.05) is 0 Å². The summed E-state index contributed by atoms with van der Waals surface area (Å²) in [6.45, 7) is 1.01. The molecule has 1 unspecified atom stereocenters. The standard InChI is InChI=1S/C19H14Cl2N2O4/c20-13-5-12(6-14(21)8-13)18-22-16-2-1-11(7-17(16)27-18)19(25)26-15-3-4-23(9-15)10-24/h1-2,5-8,10,15H,3-4,9H2. The van der Waals surface area contributed by atoms with Gasteiger partial charge in [-0.15, -0.1) is 0 Å². The number of aromatic nitrogens is 1. The SMILES string of the molecule is O=CN1CCC(OC(=O)c2ccc3nc(-c4cc(Cl)cc(Cl)c4)oc3c2)C1. The number of benzene rings is 2. The van der Waals surface area contributed by atoms with Gasteiger partial charge in [-0.1, -0.05) is 23.2 Å². The molecule has 6 nitrogen and oxygen atoms in total. The average molecular weight is 405 g/mol. The van der Waals surface area contributed by atoms with Gasteiger partial charge in [-0.05, 0) is 36.4 Å². The van der Waals surface area contributed by atoms with Crippen LogP contribution in [0.2, 0.25) is 10.0 Å². The summed E-state index contributed by atoms with van der Waals surface area (Å²) < 4.78 is 11.2. The van der Waals surface area contributed by atoms with Gasteiger partial charge in [-0.2, -0.15) is 0 Å². The van der Waals surface area contributed by atoms with E-state index < -0.39 is 5.97 Å². The van der Waals surface area contributed by atoms with E-state index in [2.05, 4.69) is 4.98 Å². The second-order valence-corrected chi connectivity index (χ2v) is 7.15. The number of halogens is 2. The number of fused-ring (bicyclic) bond motifs is 1. The van der Waals surface area contributed by atoms with Crippen molar-refractivity contribution in [1.29, 1.82) is 0 Å². The lowest BCUT2D eigenvalue weighted by Crippen LogP contribution is -2.23. The van der Waals surface area contributed by atoms with Gasteiger partial charge in [0.15, 0.2) is 5.58 Å². The number of rotatable bonds is 4. The molecule has 0 saturated carbocycles. The minimum absolute atomic E-state index is 0.294. The van der Waals surface area contributed by atoms with Gasteiger partial charge in [-0.25, -0.2) is 9.78 Å². The second-order valence-electron chi connectivity index (χ2n) is 6.28. The first kappa shape index (κ1) is 17.8. The van der Waals surface area contributed by atoms with Crippen LogP contribution in [0.25, 0.3) is 22.6 Å². The number of hydrogen-bond acceptors (Lipinski definition) is 5. The van der Waals surface area contributed by atoms with Crippen molar-refractivity contribution in [3.05, 3.63) is 52.0 Å². The van der Waals surface area contributed by atoms with Crippen molar-refractivity contribution in [2.45, 2.75) is 12.5 Å². The monoisotopic (exact) mass is 404 g/mol. The zero-order valence-corrected chi connectivity index (χ0v) is 15.5. The van der Waals surface area contributed by atoms with E-state index in [1.54, 1.807) is 41.3 Å². The summed E-state index contributed by atoms with van der Waals surface area (Å²) in [5.41, 5.74) is 2.06. The molecule has 1 fully saturated rings. The third-order valence-electron chi connectivity index (χ3n) is 4.33. The minimum atomic E-state index is -0.460. The predicted molar refractivity (Wildman–Crippen MR) is 101 cm³/mol. The molecule has 1 amide bonds. The predicted octanol–water partition coefficient (Wildman–Crippen LogP) is 4.19. The highest BCUT2D eigenvalue weighted by Gasteiger charge is 2.25. The molecule has 1 atom stereocenters. The van der Waals surface area contributed by atoms with Crippen LogP contribution in [0, 0.1) is 0 Å². The topological polar surface area (TPSA) is 72.6 Å². The largest absolute Gasteiger partial charge is 0.457 e. The molecule has 1 aliphatic rings. The summed E-state index contributed by atoms with van der Waals surface area (Å²) in [7, 11) is 0. The van der Waals surface area contributed by atoms with Gasteiger partial charge in [0.2, 0.25) is 12.3 Å². The summed E-state index contributed by atoms with van der Waals surface area (Å²) in [6.07, 6.45) is 1.10. The number of hydrogen-bond donors (Lipinski definition) is 0. The molecule has 0 aliphatic carbocycles. The van der Waals surface area contributed by atoms with E-state index >= 15 is 0 Å². The lowest BCUT2D eigenvalue weighted by atomic mass is 10.2. The molecule has 1 aromatic heterocycles. The quantitative estimate of drug-likeness (QED) is 0.481. The molecular formula is C19H14Cl2N2O4. The molecule has 0 radical (unpaired) electrons. The molecule has 2 aromatic carbocycles. The van der Waals surface area contributed by atoms with Gasteiger partial charge in [0.25, 0.3) is 0 Å². The Bertz CT molecular complexity index is 1010. The molecule has 1 saturated heterocycles. The maximum Gasteiger partial charge on any atom is 0.338 e. The first-order valence-electron chi connectivity index (χ1n) is 8.29. The van der Waals surface area contributed by atoms with Gasteiger partial charge >= 0.3 is 5.97 Å². The smallest absolute Gasteiger partial charge is 0.338 e. The van der Waals surface area contributed by atoms with Crippen LogP contribution >= 0.6 is 23.2 Å². The molecule has 27 heavy (non-hydrogen) atoms. The average Bonchev–Trinajstić information content (AvgIpc) is 3.26.